The van der Waals surface area contributed by atoms with Gasteiger partial charge in [-0.2, -0.15) is 0 Å². The maximum atomic E-state index is 13.6. The molecule has 0 nitrogen and oxygen atoms in total. The normalized spacial score (nSPS) is 38.5. The first-order valence-electron chi connectivity index (χ1n) is 4.51. The fourth-order valence-electron chi connectivity index (χ4n) is 1.75. The van der Waals surface area contributed by atoms with Gasteiger partial charge >= 0.3 is 0 Å². The molecule has 1 aliphatic carbocycles. The van der Waals surface area contributed by atoms with Gasteiger partial charge < -0.3 is 0 Å². The van der Waals surface area contributed by atoms with Crippen molar-refractivity contribution in [2.24, 2.45) is 5.92 Å². The van der Waals surface area contributed by atoms with Gasteiger partial charge in [0.1, 0.15) is 5.67 Å². The second kappa shape index (κ2) is 3.38. The van der Waals surface area contributed by atoms with Crippen LogP contribution in [0.1, 0.15) is 39.0 Å². The Morgan fingerprint density at radius 1 is 1.55 bits per heavy atom. The van der Waals surface area contributed by atoms with Crippen molar-refractivity contribution < 1.29 is 4.39 Å². The maximum absolute atomic E-state index is 13.6. The first kappa shape index (κ1) is 8.76. The van der Waals surface area contributed by atoms with Crippen LogP contribution in [0.5, 0.6) is 0 Å². The lowest BCUT2D eigenvalue weighted by Gasteiger charge is -2.31. The molecule has 0 aromatic carbocycles. The molecule has 0 aromatic heterocycles. The van der Waals surface area contributed by atoms with E-state index in [2.05, 4.69) is 6.58 Å². The highest BCUT2D eigenvalue weighted by Crippen LogP contribution is 2.37. The lowest BCUT2D eigenvalue weighted by Crippen LogP contribution is -2.27. The Morgan fingerprint density at radius 2 is 2.09 bits per heavy atom. The highest BCUT2D eigenvalue weighted by Gasteiger charge is 2.32. The van der Waals surface area contributed by atoms with Gasteiger partial charge in [-0.3, -0.25) is 0 Å². The van der Waals surface area contributed by atoms with Crippen molar-refractivity contribution >= 4 is 0 Å². The van der Waals surface area contributed by atoms with Crippen LogP contribution >= 0.6 is 0 Å². The molecule has 0 saturated heterocycles. The molecule has 1 fully saturated rings. The molecular weight excluding hydrogens is 139 g/mol. The summed E-state index contributed by atoms with van der Waals surface area (Å²) in [4.78, 5) is 0. The highest BCUT2D eigenvalue weighted by molar-refractivity contribution is 4.90. The Labute approximate surface area is 68.5 Å². The summed E-state index contributed by atoms with van der Waals surface area (Å²) in [5, 5.41) is 0. The van der Waals surface area contributed by atoms with Gasteiger partial charge in [0.2, 0.25) is 0 Å². The summed E-state index contributed by atoms with van der Waals surface area (Å²) in [5.74, 6) is 0.574. The Bertz CT molecular complexity index is 132. The lowest BCUT2D eigenvalue weighted by molar-refractivity contribution is 0.0890. The molecule has 0 N–H and O–H groups in total. The molecule has 0 aromatic rings. The third kappa shape index (κ3) is 2.05. The topological polar surface area (TPSA) is 0 Å². The highest BCUT2D eigenvalue weighted by atomic mass is 19.1. The van der Waals surface area contributed by atoms with E-state index < -0.39 is 5.67 Å². The molecule has 64 valence electrons. The molecule has 0 spiro atoms. The minimum Gasteiger partial charge on any atom is -0.244 e. The van der Waals surface area contributed by atoms with Crippen LogP contribution in [0.25, 0.3) is 0 Å². The van der Waals surface area contributed by atoms with E-state index in [9.17, 15) is 4.39 Å². The van der Waals surface area contributed by atoms with E-state index in [0.717, 1.165) is 25.7 Å². The molecule has 1 aliphatic rings. The van der Waals surface area contributed by atoms with E-state index in [4.69, 9.17) is 0 Å². The first-order valence-corrected chi connectivity index (χ1v) is 4.51. The van der Waals surface area contributed by atoms with Crippen molar-refractivity contribution in [3.63, 3.8) is 0 Å². The lowest BCUT2D eigenvalue weighted by atomic mass is 9.79. The zero-order chi connectivity index (χ0) is 8.32. The molecule has 1 saturated carbocycles. The molecule has 0 unspecified atom stereocenters. The Hall–Kier alpha value is -0.330. The van der Waals surface area contributed by atoms with Gasteiger partial charge in [-0.1, -0.05) is 13.0 Å². The van der Waals surface area contributed by atoms with Crippen molar-refractivity contribution in [2.75, 3.05) is 0 Å². The van der Waals surface area contributed by atoms with E-state index in [1.54, 1.807) is 0 Å². The van der Waals surface area contributed by atoms with Crippen LogP contribution < -0.4 is 0 Å². The van der Waals surface area contributed by atoms with Crippen molar-refractivity contribution in [3.8, 4) is 0 Å². The van der Waals surface area contributed by atoms with Crippen molar-refractivity contribution in [1.82, 2.24) is 0 Å². The second-order valence-electron chi connectivity index (χ2n) is 3.58. The smallest absolute Gasteiger partial charge is 0.110 e. The van der Waals surface area contributed by atoms with E-state index in [1.165, 1.54) is 0 Å². The van der Waals surface area contributed by atoms with Gasteiger partial charge in [-0.25, -0.2) is 4.39 Å². The predicted octanol–water partition coefficient (Wildman–Crippen LogP) is 3.48. The number of hydrogen-bond donors (Lipinski definition) is 0. The molecular formula is C10H17F. The third-order valence-electron chi connectivity index (χ3n) is 2.89. The molecule has 11 heavy (non-hydrogen) atoms. The van der Waals surface area contributed by atoms with Crippen molar-refractivity contribution in [2.45, 2.75) is 44.7 Å². The fourth-order valence-corrected chi connectivity index (χ4v) is 1.75. The zero-order valence-corrected chi connectivity index (χ0v) is 7.28. The fraction of sp³-hybridized carbons (Fsp3) is 0.800. The average Bonchev–Trinajstić information content (AvgIpc) is 2.06. The maximum Gasteiger partial charge on any atom is 0.110 e. The summed E-state index contributed by atoms with van der Waals surface area (Å²) in [6.07, 6.45) is 6.11. The minimum absolute atomic E-state index is 0.574. The van der Waals surface area contributed by atoms with Gasteiger partial charge in [-0.05, 0) is 38.0 Å². The molecule has 1 rings (SSSR count). The first-order chi connectivity index (χ1) is 5.20. The molecule has 0 heterocycles. The molecule has 0 radical (unpaired) electrons. The number of alkyl halides is 1. The molecule has 0 aliphatic heterocycles. The van der Waals surface area contributed by atoms with Crippen LogP contribution in [0.2, 0.25) is 0 Å². The predicted molar refractivity (Wildman–Crippen MR) is 46.3 cm³/mol. The van der Waals surface area contributed by atoms with E-state index >= 15 is 0 Å². The van der Waals surface area contributed by atoms with Crippen LogP contribution in [-0.2, 0) is 0 Å². The van der Waals surface area contributed by atoms with Gasteiger partial charge in [0.15, 0.2) is 0 Å². The van der Waals surface area contributed by atoms with Crippen LogP contribution in [0.4, 0.5) is 4.39 Å². The number of halogens is 1. The average molecular weight is 156 g/mol. The van der Waals surface area contributed by atoms with Crippen LogP contribution in [0.15, 0.2) is 12.7 Å². The van der Waals surface area contributed by atoms with Gasteiger partial charge in [0, 0.05) is 0 Å². The molecule has 0 bridgehead atoms. The monoisotopic (exact) mass is 156 g/mol. The summed E-state index contributed by atoms with van der Waals surface area (Å²) in [6.45, 7) is 5.67. The Balaban J connectivity index is 2.40. The quantitative estimate of drug-likeness (QED) is 0.537. The number of hydrogen-bond acceptors (Lipinski definition) is 0. The Morgan fingerprint density at radius 3 is 2.45 bits per heavy atom. The van der Waals surface area contributed by atoms with E-state index in [-0.39, 0.29) is 0 Å². The zero-order valence-electron chi connectivity index (χ0n) is 7.28. The third-order valence-corrected chi connectivity index (χ3v) is 2.89. The summed E-state index contributed by atoms with van der Waals surface area (Å²) in [6, 6.07) is 0. The van der Waals surface area contributed by atoms with Crippen LogP contribution in [-0.4, -0.2) is 5.67 Å². The van der Waals surface area contributed by atoms with Crippen LogP contribution in [0, 0.1) is 5.92 Å². The molecule has 0 atom stereocenters. The summed E-state index contributed by atoms with van der Waals surface area (Å²) < 4.78 is 13.6. The number of allylic oxidation sites excluding steroid dienone is 1. The van der Waals surface area contributed by atoms with E-state index in [0.29, 0.717) is 12.3 Å². The summed E-state index contributed by atoms with van der Waals surface area (Å²) in [5.41, 5.74) is -0.848. The van der Waals surface area contributed by atoms with Gasteiger partial charge in [0.05, 0.1) is 0 Å². The summed E-state index contributed by atoms with van der Waals surface area (Å²) >= 11 is 0. The second-order valence-corrected chi connectivity index (χ2v) is 3.58. The van der Waals surface area contributed by atoms with Gasteiger partial charge in [-0.15, -0.1) is 6.58 Å². The van der Waals surface area contributed by atoms with Crippen molar-refractivity contribution in [1.29, 1.82) is 0 Å². The van der Waals surface area contributed by atoms with Crippen molar-refractivity contribution in [3.05, 3.63) is 12.7 Å². The SMILES string of the molecule is C=CC1CCC(F)(CC)CC1. The molecule has 0 amide bonds. The Kier molecular flexibility index (Phi) is 2.69. The minimum atomic E-state index is -0.848. The summed E-state index contributed by atoms with van der Waals surface area (Å²) in [7, 11) is 0. The number of rotatable bonds is 2. The largest absolute Gasteiger partial charge is 0.244 e. The van der Waals surface area contributed by atoms with E-state index in [1.807, 2.05) is 13.0 Å². The standard InChI is InChI=1S/C10H17F/c1-3-9-5-7-10(11,4-2)8-6-9/h3,9H,1,4-8H2,2H3. The van der Waals surface area contributed by atoms with Gasteiger partial charge in [0.25, 0.3) is 0 Å². The molecule has 1 heteroatoms. The van der Waals surface area contributed by atoms with Crippen LogP contribution in [0.3, 0.4) is 0 Å².